The highest BCUT2D eigenvalue weighted by molar-refractivity contribution is 6.30. The van der Waals surface area contributed by atoms with Gasteiger partial charge >= 0.3 is 0 Å². The molecule has 0 fully saturated rings. The molecule has 1 aromatic rings. The Morgan fingerprint density at radius 2 is 2.33 bits per heavy atom. The topological polar surface area (TPSA) is 34.9 Å². The van der Waals surface area contributed by atoms with Crippen LogP contribution in [0.15, 0.2) is 0 Å². The van der Waals surface area contributed by atoms with Crippen LogP contribution in [-0.4, -0.2) is 15.3 Å². The SMILES string of the molecule is Cc1nc2n(c1Cl)CCC(=O)C2. The molecule has 1 aromatic heterocycles. The molecule has 0 bridgehead atoms. The van der Waals surface area contributed by atoms with Crippen LogP contribution in [0.1, 0.15) is 17.9 Å². The van der Waals surface area contributed by atoms with Gasteiger partial charge in [-0.25, -0.2) is 4.98 Å². The lowest BCUT2D eigenvalue weighted by atomic mass is 10.1. The monoisotopic (exact) mass is 184 g/mol. The molecule has 12 heavy (non-hydrogen) atoms. The fraction of sp³-hybridized carbons (Fsp3) is 0.500. The summed E-state index contributed by atoms with van der Waals surface area (Å²) in [4.78, 5) is 15.3. The van der Waals surface area contributed by atoms with Crippen molar-refractivity contribution in [2.24, 2.45) is 0 Å². The number of aromatic nitrogens is 2. The molecule has 4 heteroatoms. The predicted molar refractivity (Wildman–Crippen MR) is 45.3 cm³/mol. The molecule has 2 heterocycles. The van der Waals surface area contributed by atoms with Crippen LogP contribution in [0.2, 0.25) is 5.15 Å². The van der Waals surface area contributed by atoms with Gasteiger partial charge in [0.15, 0.2) is 0 Å². The second-order valence-corrected chi connectivity index (χ2v) is 3.38. The first kappa shape index (κ1) is 7.80. The summed E-state index contributed by atoms with van der Waals surface area (Å²) in [6.45, 7) is 2.55. The zero-order valence-corrected chi connectivity index (χ0v) is 7.56. The molecule has 64 valence electrons. The summed E-state index contributed by atoms with van der Waals surface area (Å²) < 4.78 is 1.91. The Labute approximate surface area is 75.4 Å². The average molecular weight is 185 g/mol. The number of imidazole rings is 1. The fourth-order valence-electron chi connectivity index (χ4n) is 1.47. The van der Waals surface area contributed by atoms with Crippen molar-refractivity contribution in [3.63, 3.8) is 0 Å². The average Bonchev–Trinajstić information content (AvgIpc) is 2.28. The van der Waals surface area contributed by atoms with E-state index in [0.29, 0.717) is 24.5 Å². The van der Waals surface area contributed by atoms with Gasteiger partial charge in [0.05, 0.1) is 12.1 Å². The molecular formula is C8H9ClN2O. The number of hydrogen-bond donors (Lipinski definition) is 0. The molecule has 0 unspecified atom stereocenters. The number of rotatable bonds is 0. The van der Waals surface area contributed by atoms with Gasteiger partial charge in [-0.2, -0.15) is 0 Å². The molecule has 1 aliphatic heterocycles. The molecule has 0 N–H and O–H groups in total. The third-order valence-corrected chi connectivity index (χ3v) is 2.59. The Morgan fingerprint density at radius 3 is 3.08 bits per heavy atom. The number of fused-ring (bicyclic) bond motifs is 1. The Bertz CT molecular complexity index is 343. The first-order valence-corrected chi connectivity index (χ1v) is 4.29. The van der Waals surface area contributed by atoms with Crippen molar-refractivity contribution in [1.29, 1.82) is 0 Å². The van der Waals surface area contributed by atoms with Crippen molar-refractivity contribution in [3.05, 3.63) is 16.7 Å². The molecule has 2 rings (SSSR count). The van der Waals surface area contributed by atoms with Crippen molar-refractivity contribution in [1.82, 2.24) is 9.55 Å². The van der Waals surface area contributed by atoms with Crippen molar-refractivity contribution in [3.8, 4) is 0 Å². The highest BCUT2D eigenvalue weighted by atomic mass is 35.5. The minimum atomic E-state index is 0.254. The number of ketones is 1. The Balaban J connectivity index is 2.49. The molecule has 0 radical (unpaired) electrons. The van der Waals surface area contributed by atoms with Crippen molar-refractivity contribution >= 4 is 17.4 Å². The highest BCUT2D eigenvalue weighted by Crippen LogP contribution is 2.21. The van der Waals surface area contributed by atoms with Crippen LogP contribution in [0, 0.1) is 6.92 Å². The molecule has 0 spiro atoms. The summed E-state index contributed by atoms with van der Waals surface area (Å²) in [6.07, 6.45) is 1.02. The minimum Gasteiger partial charge on any atom is -0.318 e. The van der Waals surface area contributed by atoms with E-state index in [9.17, 15) is 4.79 Å². The number of nitrogens with zero attached hydrogens (tertiary/aromatic N) is 2. The van der Waals surface area contributed by atoms with Gasteiger partial charge in [0.25, 0.3) is 0 Å². The Kier molecular flexibility index (Phi) is 1.68. The van der Waals surface area contributed by atoms with Gasteiger partial charge < -0.3 is 4.57 Å². The Morgan fingerprint density at radius 1 is 1.58 bits per heavy atom. The molecule has 0 saturated heterocycles. The smallest absolute Gasteiger partial charge is 0.142 e. The third kappa shape index (κ3) is 1.05. The van der Waals surface area contributed by atoms with E-state index in [-0.39, 0.29) is 5.78 Å². The zero-order chi connectivity index (χ0) is 8.72. The lowest BCUT2D eigenvalue weighted by Gasteiger charge is -2.12. The first-order valence-electron chi connectivity index (χ1n) is 3.91. The lowest BCUT2D eigenvalue weighted by molar-refractivity contribution is -0.119. The van der Waals surface area contributed by atoms with Crippen LogP contribution in [0.25, 0.3) is 0 Å². The van der Waals surface area contributed by atoms with Gasteiger partial charge in [-0.3, -0.25) is 4.79 Å². The molecule has 3 nitrogen and oxygen atoms in total. The third-order valence-electron chi connectivity index (χ3n) is 2.11. The second kappa shape index (κ2) is 2.59. The van der Waals surface area contributed by atoms with Gasteiger partial charge in [-0.15, -0.1) is 0 Å². The van der Waals surface area contributed by atoms with Crippen molar-refractivity contribution in [2.75, 3.05) is 0 Å². The number of carbonyl (C=O) groups is 1. The first-order chi connectivity index (χ1) is 5.68. The number of halogens is 1. The van der Waals surface area contributed by atoms with Crippen LogP contribution in [0.4, 0.5) is 0 Å². The second-order valence-electron chi connectivity index (χ2n) is 3.02. The molecule has 0 aromatic carbocycles. The maximum atomic E-state index is 11.0. The van der Waals surface area contributed by atoms with Crippen LogP contribution in [0.5, 0.6) is 0 Å². The minimum absolute atomic E-state index is 0.254. The quantitative estimate of drug-likeness (QED) is 0.610. The molecular weight excluding hydrogens is 176 g/mol. The molecule has 0 amide bonds. The van der Waals surface area contributed by atoms with Crippen LogP contribution < -0.4 is 0 Å². The standard InChI is InChI=1S/C8H9ClN2O/c1-5-8(9)11-3-2-6(12)4-7(11)10-5/h2-4H2,1H3. The predicted octanol–water partition coefficient (Wildman–Crippen LogP) is 1.36. The van der Waals surface area contributed by atoms with E-state index in [2.05, 4.69) is 4.98 Å². The number of aryl methyl sites for hydroxylation is 1. The number of Topliss-reactive ketones (excluding diaryl/α,β-unsaturated/α-hetero) is 1. The van der Waals surface area contributed by atoms with Crippen LogP contribution in [-0.2, 0) is 17.8 Å². The molecule has 0 aliphatic carbocycles. The lowest BCUT2D eigenvalue weighted by Crippen LogP contribution is -2.18. The number of hydrogen-bond acceptors (Lipinski definition) is 2. The molecule has 1 aliphatic rings. The van der Waals surface area contributed by atoms with E-state index in [1.165, 1.54) is 0 Å². The summed E-state index contributed by atoms with van der Waals surface area (Å²) in [6, 6.07) is 0. The van der Waals surface area contributed by atoms with Gasteiger partial charge in [0, 0.05) is 13.0 Å². The van der Waals surface area contributed by atoms with E-state index in [0.717, 1.165) is 11.5 Å². The summed E-state index contributed by atoms with van der Waals surface area (Å²) in [7, 11) is 0. The highest BCUT2D eigenvalue weighted by Gasteiger charge is 2.20. The van der Waals surface area contributed by atoms with Gasteiger partial charge in [0.1, 0.15) is 16.8 Å². The van der Waals surface area contributed by atoms with Crippen LogP contribution in [0.3, 0.4) is 0 Å². The molecule has 0 saturated carbocycles. The van der Waals surface area contributed by atoms with Crippen LogP contribution >= 0.6 is 11.6 Å². The Hall–Kier alpha value is -0.830. The number of carbonyl (C=O) groups excluding carboxylic acids is 1. The maximum absolute atomic E-state index is 11.0. The fourth-order valence-corrected chi connectivity index (χ4v) is 1.70. The zero-order valence-electron chi connectivity index (χ0n) is 6.80. The summed E-state index contributed by atoms with van der Waals surface area (Å²) in [5.74, 6) is 1.07. The van der Waals surface area contributed by atoms with E-state index < -0.39 is 0 Å². The van der Waals surface area contributed by atoms with E-state index in [4.69, 9.17) is 11.6 Å². The summed E-state index contributed by atoms with van der Waals surface area (Å²) in [5.41, 5.74) is 0.821. The van der Waals surface area contributed by atoms with Crippen molar-refractivity contribution < 1.29 is 4.79 Å². The van der Waals surface area contributed by atoms with Crippen molar-refractivity contribution in [2.45, 2.75) is 26.3 Å². The van der Waals surface area contributed by atoms with Gasteiger partial charge in [-0.05, 0) is 6.92 Å². The van der Waals surface area contributed by atoms with Gasteiger partial charge in [0.2, 0.25) is 0 Å². The largest absolute Gasteiger partial charge is 0.318 e. The normalized spacial score (nSPS) is 16.3. The van der Waals surface area contributed by atoms with E-state index in [1.807, 2.05) is 11.5 Å². The summed E-state index contributed by atoms with van der Waals surface area (Å²) in [5, 5.41) is 0.678. The molecule has 0 atom stereocenters. The maximum Gasteiger partial charge on any atom is 0.142 e. The summed E-state index contributed by atoms with van der Waals surface area (Å²) >= 11 is 5.96. The van der Waals surface area contributed by atoms with Gasteiger partial charge in [-0.1, -0.05) is 11.6 Å². The van der Waals surface area contributed by atoms with E-state index >= 15 is 0 Å². The van der Waals surface area contributed by atoms with E-state index in [1.54, 1.807) is 0 Å².